The smallest absolute Gasteiger partial charge is 0.163 e. The lowest BCUT2D eigenvalue weighted by Crippen LogP contribution is -2.36. The van der Waals surface area contributed by atoms with Crippen LogP contribution < -0.4 is 0 Å². The molecule has 0 amide bonds. The Morgan fingerprint density at radius 3 is 2.53 bits per heavy atom. The van der Waals surface area contributed by atoms with E-state index in [-0.39, 0.29) is 0 Å². The van der Waals surface area contributed by atoms with Gasteiger partial charge in [0.1, 0.15) is 0 Å². The lowest BCUT2D eigenvalue weighted by atomic mass is 9.93. The van der Waals surface area contributed by atoms with Gasteiger partial charge < -0.3 is 4.57 Å². The number of aromatic nitrogens is 1. The van der Waals surface area contributed by atoms with E-state index in [0.29, 0.717) is 18.2 Å². The molecule has 4 heteroatoms. The molecule has 2 nitrogen and oxygen atoms in total. The Bertz CT molecular complexity index is 973. The van der Waals surface area contributed by atoms with Gasteiger partial charge in [0, 0.05) is 43.1 Å². The summed E-state index contributed by atoms with van der Waals surface area (Å²) in [4.78, 5) is 2.35. The predicted molar refractivity (Wildman–Crippen MR) is 117 cm³/mol. The van der Waals surface area contributed by atoms with Crippen LogP contribution in [-0.4, -0.2) is 15.5 Å². The maximum Gasteiger partial charge on any atom is 0.163 e. The first-order chi connectivity index (χ1) is 14.6. The molecule has 4 rings (SSSR count). The fraction of sp³-hybridized carbons (Fsp3) is 0.385. The first kappa shape index (κ1) is 20.8. The van der Waals surface area contributed by atoms with E-state index in [1.165, 1.54) is 42.1 Å². The number of halogens is 2. The number of aryl methyl sites for hydroxylation is 1. The Balaban J connectivity index is 1.56. The largest absolute Gasteiger partial charge is 0.346 e. The van der Waals surface area contributed by atoms with Crippen LogP contribution in [0.1, 0.15) is 54.5 Å². The SMILES string of the molecule is Cc1cccc(Cn2cccc2CN(Cc2cccc(F)c2F)C2CCCCC2)c1. The van der Waals surface area contributed by atoms with E-state index in [4.69, 9.17) is 0 Å². The molecule has 0 atom stereocenters. The van der Waals surface area contributed by atoms with E-state index in [9.17, 15) is 8.78 Å². The van der Waals surface area contributed by atoms with Gasteiger partial charge in [-0.15, -0.1) is 0 Å². The summed E-state index contributed by atoms with van der Waals surface area (Å²) in [5.41, 5.74) is 4.18. The molecular formula is C26H30F2N2. The van der Waals surface area contributed by atoms with Gasteiger partial charge in [0.15, 0.2) is 11.6 Å². The zero-order valence-corrected chi connectivity index (χ0v) is 17.7. The minimum atomic E-state index is -0.765. The van der Waals surface area contributed by atoms with Gasteiger partial charge in [-0.2, -0.15) is 0 Å². The van der Waals surface area contributed by atoms with Crippen LogP contribution >= 0.6 is 0 Å². The standard InChI is InChI=1S/C26H30F2N2/c1-20-8-5-9-21(16-20)17-29-15-7-13-24(29)19-30(23-11-3-2-4-12-23)18-22-10-6-14-25(27)26(22)28/h5-10,13-16,23H,2-4,11-12,17-19H2,1H3. The van der Waals surface area contributed by atoms with Crippen molar-refractivity contribution in [1.29, 1.82) is 0 Å². The van der Waals surface area contributed by atoms with Gasteiger partial charge in [0.25, 0.3) is 0 Å². The van der Waals surface area contributed by atoms with E-state index in [1.54, 1.807) is 12.1 Å². The molecule has 3 aromatic rings. The number of benzene rings is 2. The van der Waals surface area contributed by atoms with Gasteiger partial charge in [-0.25, -0.2) is 8.78 Å². The quantitative estimate of drug-likeness (QED) is 0.436. The van der Waals surface area contributed by atoms with Crippen LogP contribution in [0.3, 0.4) is 0 Å². The Hall–Kier alpha value is -2.46. The lowest BCUT2D eigenvalue weighted by molar-refractivity contribution is 0.135. The van der Waals surface area contributed by atoms with Crippen LogP contribution in [0.15, 0.2) is 60.8 Å². The maximum atomic E-state index is 14.4. The number of hydrogen-bond acceptors (Lipinski definition) is 1. The predicted octanol–water partition coefficient (Wildman–Crippen LogP) is 6.46. The first-order valence-electron chi connectivity index (χ1n) is 11.0. The van der Waals surface area contributed by atoms with E-state index >= 15 is 0 Å². The summed E-state index contributed by atoms with van der Waals surface area (Å²) in [6.07, 6.45) is 8.03. The summed E-state index contributed by atoms with van der Waals surface area (Å²) in [5, 5.41) is 0. The molecule has 0 aliphatic heterocycles. The molecule has 2 aromatic carbocycles. The lowest BCUT2D eigenvalue weighted by Gasteiger charge is -2.34. The van der Waals surface area contributed by atoms with Crippen molar-refractivity contribution in [3.05, 3.63) is 94.8 Å². The summed E-state index contributed by atoms with van der Waals surface area (Å²) in [5.74, 6) is -1.48. The van der Waals surface area contributed by atoms with Gasteiger partial charge in [-0.05, 0) is 43.5 Å². The number of hydrogen-bond donors (Lipinski definition) is 0. The van der Waals surface area contributed by atoms with Gasteiger partial charge in [-0.1, -0.05) is 61.2 Å². The molecule has 1 aliphatic rings. The van der Waals surface area contributed by atoms with Crippen molar-refractivity contribution in [2.45, 2.75) is 64.7 Å². The zero-order chi connectivity index (χ0) is 20.9. The molecule has 158 valence electrons. The summed E-state index contributed by atoms with van der Waals surface area (Å²) >= 11 is 0. The Morgan fingerprint density at radius 2 is 1.73 bits per heavy atom. The van der Waals surface area contributed by atoms with Crippen LogP contribution in [0, 0.1) is 18.6 Å². The van der Waals surface area contributed by atoms with Gasteiger partial charge in [-0.3, -0.25) is 4.90 Å². The van der Waals surface area contributed by atoms with E-state index < -0.39 is 11.6 Å². The molecule has 0 unspecified atom stereocenters. The third-order valence-corrected chi connectivity index (χ3v) is 6.22. The molecule has 1 saturated carbocycles. The average Bonchev–Trinajstić information content (AvgIpc) is 3.18. The summed E-state index contributed by atoms with van der Waals surface area (Å²) < 4.78 is 30.5. The molecular weight excluding hydrogens is 378 g/mol. The maximum absolute atomic E-state index is 14.4. The molecule has 0 spiro atoms. The minimum Gasteiger partial charge on any atom is -0.346 e. The zero-order valence-electron chi connectivity index (χ0n) is 17.7. The van der Waals surface area contributed by atoms with Crippen LogP contribution in [-0.2, 0) is 19.6 Å². The van der Waals surface area contributed by atoms with E-state index in [2.05, 4.69) is 59.0 Å². The summed E-state index contributed by atoms with van der Waals surface area (Å²) in [6.45, 7) is 4.10. The second kappa shape index (κ2) is 9.57. The fourth-order valence-corrected chi connectivity index (χ4v) is 4.61. The molecule has 0 saturated heterocycles. The van der Waals surface area contributed by atoms with Crippen LogP contribution in [0.25, 0.3) is 0 Å². The van der Waals surface area contributed by atoms with Gasteiger partial charge >= 0.3 is 0 Å². The highest BCUT2D eigenvalue weighted by Crippen LogP contribution is 2.27. The van der Waals surface area contributed by atoms with Crippen molar-refractivity contribution in [2.75, 3.05) is 0 Å². The molecule has 1 aliphatic carbocycles. The van der Waals surface area contributed by atoms with Gasteiger partial charge in [0.2, 0.25) is 0 Å². The second-order valence-electron chi connectivity index (χ2n) is 8.53. The number of nitrogens with zero attached hydrogens (tertiary/aromatic N) is 2. The molecule has 1 fully saturated rings. The molecule has 0 bridgehead atoms. The molecule has 1 heterocycles. The van der Waals surface area contributed by atoms with Crippen molar-refractivity contribution in [3.8, 4) is 0 Å². The highest BCUT2D eigenvalue weighted by molar-refractivity contribution is 5.24. The van der Waals surface area contributed by atoms with Crippen LogP contribution in [0.5, 0.6) is 0 Å². The molecule has 0 N–H and O–H groups in total. The molecule has 30 heavy (non-hydrogen) atoms. The third-order valence-electron chi connectivity index (χ3n) is 6.22. The number of rotatable bonds is 7. The monoisotopic (exact) mass is 408 g/mol. The van der Waals surface area contributed by atoms with Crippen molar-refractivity contribution in [1.82, 2.24) is 9.47 Å². The van der Waals surface area contributed by atoms with E-state index in [0.717, 1.165) is 25.9 Å². The van der Waals surface area contributed by atoms with Crippen LogP contribution in [0.2, 0.25) is 0 Å². The normalized spacial score (nSPS) is 15.1. The van der Waals surface area contributed by atoms with E-state index in [1.807, 2.05) is 0 Å². The topological polar surface area (TPSA) is 8.17 Å². The Kier molecular flexibility index (Phi) is 6.63. The minimum absolute atomic E-state index is 0.406. The fourth-order valence-electron chi connectivity index (χ4n) is 4.61. The Morgan fingerprint density at radius 1 is 0.933 bits per heavy atom. The van der Waals surface area contributed by atoms with Crippen molar-refractivity contribution >= 4 is 0 Å². The van der Waals surface area contributed by atoms with Gasteiger partial charge in [0.05, 0.1) is 0 Å². The highest BCUT2D eigenvalue weighted by Gasteiger charge is 2.24. The summed E-state index contributed by atoms with van der Waals surface area (Å²) in [6, 6.07) is 17.7. The third kappa shape index (κ3) is 4.99. The highest BCUT2D eigenvalue weighted by atomic mass is 19.2. The van der Waals surface area contributed by atoms with Crippen molar-refractivity contribution < 1.29 is 8.78 Å². The Labute approximate surface area is 178 Å². The van der Waals surface area contributed by atoms with Crippen LogP contribution in [0.4, 0.5) is 8.78 Å². The molecule has 1 aromatic heterocycles. The second-order valence-corrected chi connectivity index (χ2v) is 8.53. The molecule has 0 radical (unpaired) electrons. The average molecular weight is 409 g/mol. The summed E-state index contributed by atoms with van der Waals surface area (Å²) in [7, 11) is 0. The first-order valence-corrected chi connectivity index (χ1v) is 11.0. The van der Waals surface area contributed by atoms with Crippen molar-refractivity contribution in [3.63, 3.8) is 0 Å². The van der Waals surface area contributed by atoms with Crippen molar-refractivity contribution in [2.24, 2.45) is 0 Å².